The highest BCUT2D eigenvalue weighted by Gasteiger charge is 2.64. The van der Waals surface area contributed by atoms with Crippen LogP contribution in [0.5, 0.6) is 0 Å². The molecule has 0 aromatic heterocycles. The molecular weight excluding hydrogens is 358 g/mol. The molecule has 2 saturated carbocycles. The molecule has 2 N–H and O–H groups in total. The second kappa shape index (κ2) is 6.46. The van der Waals surface area contributed by atoms with E-state index in [4.69, 9.17) is 5.73 Å². The van der Waals surface area contributed by atoms with Crippen LogP contribution in [0, 0.1) is 23.7 Å². The molecule has 6 heteroatoms. The summed E-state index contributed by atoms with van der Waals surface area (Å²) in [6, 6.07) is 8.33. The predicted octanol–water partition coefficient (Wildman–Crippen LogP) is 2.60. The summed E-state index contributed by atoms with van der Waals surface area (Å²) in [6.07, 6.45) is 3.05. The second-order valence-corrected chi connectivity index (χ2v) is 11.4. The summed E-state index contributed by atoms with van der Waals surface area (Å²) < 4.78 is 28.4. The molecule has 0 amide bonds. The molecule has 1 saturated heterocycles. The molecule has 0 spiro atoms. The smallest absolute Gasteiger partial charge is 0.214 e. The van der Waals surface area contributed by atoms with Crippen LogP contribution >= 0.6 is 0 Å². The van der Waals surface area contributed by atoms with Crippen molar-refractivity contribution in [2.75, 3.05) is 36.8 Å². The van der Waals surface area contributed by atoms with Gasteiger partial charge in [-0.3, -0.25) is 0 Å². The molecular formula is C21H33N3O2S. The van der Waals surface area contributed by atoms with E-state index in [1.54, 1.807) is 4.31 Å². The number of fused-ring (bicyclic) bond motifs is 2. The van der Waals surface area contributed by atoms with Gasteiger partial charge < -0.3 is 10.6 Å². The third-order valence-electron chi connectivity index (χ3n) is 8.02. The van der Waals surface area contributed by atoms with Gasteiger partial charge >= 0.3 is 0 Å². The molecule has 1 heterocycles. The highest BCUT2D eigenvalue weighted by Crippen LogP contribution is 2.65. The van der Waals surface area contributed by atoms with Crippen molar-refractivity contribution in [3.8, 4) is 0 Å². The third-order valence-corrected chi connectivity index (χ3v) is 10.1. The summed E-state index contributed by atoms with van der Waals surface area (Å²) >= 11 is 0. The quantitative estimate of drug-likeness (QED) is 0.857. The first-order valence-electron chi connectivity index (χ1n) is 10.2. The number of piperazine rings is 1. The van der Waals surface area contributed by atoms with E-state index in [9.17, 15) is 8.42 Å². The van der Waals surface area contributed by atoms with Gasteiger partial charge in [0.1, 0.15) is 0 Å². The van der Waals surface area contributed by atoms with Gasteiger partial charge in [0.2, 0.25) is 10.0 Å². The van der Waals surface area contributed by atoms with Gasteiger partial charge in [0.15, 0.2) is 0 Å². The van der Waals surface area contributed by atoms with Gasteiger partial charge in [-0.25, -0.2) is 8.42 Å². The van der Waals surface area contributed by atoms with E-state index < -0.39 is 10.0 Å². The lowest BCUT2D eigenvalue weighted by Crippen LogP contribution is -2.54. The van der Waals surface area contributed by atoms with Gasteiger partial charge in [0.05, 0.1) is 5.75 Å². The molecule has 1 aliphatic heterocycles. The fourth-order valence-corrected chi connectivity index (χ4v) is 8.32. The van der Waals surface area contributed by atoms with Crippen LogP contribution in [0.1, 0.15) is 38.7 Å². The maximum atomic E-state index is 13.3. The average Bonchev–Trinajstić information content (AvgIpc) is 2.96. The van der Waals surface area contributed by atoms with E-state index in [0.29, 0.717) is 19.0 Å². The van der Waals surface area contributed by atoms with Crippen LogP contribution in [0.25, 0.3) is 0 Å². The van der Waals surface area contributed by atoms with E-state index in [2.05, 4.69) is 37.8 Å². The van der Waals surface area contributed by atoms with E-state index in [-0.39, 0.29) is 22.6 Å². The van der Waals surface area contributed by atoms with Gasteiger partial charge in [-0.1, -0.05) is 32.0 Å². The summed E-state index contributed by atoms with van der Waals surface area (Å²) in [5.74, 6) is 0.787. The molecule has 3 aliphatic rings. The molecule has 1 aromatic carbocycles. The van der Waals surface area contributed by atoms with Crippen LogP contribution in [-0.4, -0.2) is 50.7 Å². The molecule has 0 radical (unpaired) electrons. The summed E-state index contributed by atoms with van der Waals surface area (Å²) in [5.41, 5.74) is 8.70. The summed E-state index contributed by atoms with van der Waals surface area (Å²) in [7, 11) is -3.30. The van der Waals surface area contributed by atoms with E-state index in [1.165, 1.54) is 11.3 Å². The van der Waals surface area contributed by atoms with Gasteiger partial charge in [0, 0.05) is 43.3 Å². The van der Waals surface area contributed by atoms with Gasteiger partial charge in [-0.2, -0.15) is 4.31 Å². The Kier molecular flexibility index (Phi) is 4.60. The first-order valence-corrected chi connectivity index (χ1v) is 11.8. The van der Waals surface area contributed by atoms with Gasteiger partial charge in [0.25, 0.3) is 0 Å². The molecule has 5 nitrogen and oxygen atoms in total. The highest BCUT2D eigenvalue weighted by atomic mass is 32.2. The predicted molar refractivity (Wildman–Crippen MR) is 110 cm³/mol. The van der Waals surface area contributed by atoms with Crippen molar-refractivity contribution >= 4 is 15.7 Å². The maximum absolute atomic E-state index is 13.3. The Bertz CT molecular complexity index is 814. The summed E-state index contributed by atoms with van der Waals surface area (Å²) in [6.45, 7) is 9.20. The standard InChI is InChI=1S/C21H33N3O2S/c1-16-6-4-5-7-18(16)23-10-12-24(13-11-23)27(25,26)15-21-9-8-17(14-19(21)22)20(21,2)3/h4-7,17,19H,8-15,22H2,1-3H3/t17-,19+,21-/m1/s1. The number of nitrogens with two attached hydrogens (primary N) is 1. The Labute approximate surface area is 164 Å². The number of hydrogen-bond donors (Lipinski definition) is 1. The van der Waals surface area contributed by atoms with Crippen LogP contribution < -0.4 is 10.6 Å². The number of sulfonamides is 1. The van der Waals surface area contributed by atoms with E-state index >= 15 is 0 Å². The monoisotopic (exact) mass is 391 g/mol. The molecule has 3 fully saturated rings. The van der Waals surface area contributed by atoms with Crippen LogP contribution in [0.4, 0.5) is 5.69 Å². The largest absolute Gasteiger partial charge is 0.369 e. The fraction of sp³-hybridized carbons (Fsp3) is 0.714. The zero-order valence-corrected chi connectivity index (χ0v) is 17.6. The van der Waals surface area contributed by atoms with Crippen molar-refractivity contribution in [2.45, 2.75) is 46.1 Å². The Morgan fingerprint density at radius 3 is 2.37 bits per heavy atom. The minimum atomic E-state index is -3.30. The molecule has 4 rings (SSSR count). The van der Waals surface area contributed by atoms with E-state index in [1.807, 2.05) is 12.1 Å². The van der Waals surface area contributed by atoms with Crippen molar-refractivity contribution in [1.29, 1.82) is 0 Å². The molecule has 1 aromatic rings. The van der Waals surface area contributed by atoms with Gasteiger partial charge in [-0.15, -0.1) is 0 Å². The Morgan fingerprint density at radius 1 is 1.15 bits per heavy atom. The Hall–Kier alpha value is -1.11. The minimum absolute atomic E-state index is 0.00859. The lowest BCUT2D eigenvalue weighted by molar-refractivity contribution is 0.137. The van der Waals surface area contributed by atoms with Crippen LogP contribution in [0.2, 0.25) is 0 Å². The molecule has 150 valence electrons. The third kappa shape index (κ3) is 2.91. The van der Waals surface area contributed by atoms with Crippen molar-refractivity contribution < 1.29 is 8.42 Å². The second-order valence-electron chi connectivity index (χ2n) is 9.38. The zero-order valence-electron chi connectivity index (χ0n) is 16.8. The fourth-order valence-electron chi connectivity index (χ4n) is 6.04. The maximum Gasteiger partial charge on any atom is 0.214 e. The number of benzene rings is 1. The summed E-state index contributed by atoms with van der Waals surface area (Å²) in [4.78, 5) is 2.30. The number of aryl methyl sites for hydroxylation is 1. The summed E-state index contributed by atoms with van der Waals surface area (Å²) in [5, 5.41) is 0. The lowest BCUT2D eigenvalue weighted by atomic mass is 9.69. The first-order chi connectivity index (χ1) is 12.7. The molecule has 3 atom stereocenters. The molecule has 0 unspecified atom stereocenters. The first kappa shape index (κ1) is 19.2. The number of anilines is 1. The van der Waals surface area contributed by atoms with Crippen molar-refractivity contribution in [3.63, 3.8) is 0 Å². The van der Waals surface area contributed by atoms with E-state index in [0.717, 1.165) is 32.4 Å². The zero-order chi connectivity index (χ0) is 19.4. The topological polar surface area (TPSA) is 66.6 Å². The Morgan fingerprint density at radius 2 is 1.81 bits per heavy atom. The van der Waals surface area contributed by atoms with Crippen molar-refractivity contribution in [1.82, 2.24) is 4.31 Å². The SMILES string of the molecule is Cc1ccccc1N1CCN(S(=O)(=O)C[C@]23CC[C@H](C[C@@H]2N)C3(C)C)CC1. The molecule has 27 heavy (non-hydrogen) atoms. The van der Waals surface area contributed by atoms with Crippen LogP contribution in [0.15, 0.2) is 24.3 Å². The molecule has 2 aliphatic carbocycles. The average molecular weight is 392 g/mol. The lowest BCUT2D eigenvalue weighted by Gasteiger charge is -2.43. The number of nitrogens with zero attached hydrogens (tertiary/aromatic N) is 2. The van der Waals surface area contributed by atoms with Crippen LogP contribution in [-0.2, 0) is 10.0 Å². The number of para-hydroxylation sites is 1. The number of hydrogen-bond acceptors (Lipinski definition) is 4. The van der Waals surface area contributed by atoms with Gasteiger partial charge in [-0.05, 0) is 49.1 Å². The van der Waals surface area contributed by atoms with Crippen molar-refractivity contribution in [2.24, 2.45) is 22.5 Å². The number of rotatable bonds is 4. The normalized spacial score (nSPS) is 33.6. The highest BCUT2D eigenvalue weighted by molar-refractivity contribution is 7.89. The van der Waals surface area contributed by atoms with Crippen molar-refractivity contribution in [3.05, 3.63) is 29.8 Å². The van der Waals surface area contributed by atoms with Crippen LogP contribution in [0.3, 0.4) is 0 Å². The molecule has 2 bridgehead atoms. The Balaban J connectivity index is 1.48. The minimum Gasteiger partial charge on any atom is -0.369 e.